The zero-order valence-electron chi connectivity index (χ0n) is 16.8. The molecule has 0 saturated heterocycles. The summed E-state index contributed by atoms with van der Waals surface area (Å²) in [7, 11) is 1.43. The summed E-state index contributed by atoms with van der Waals surface area (Å²) in [6.45, 7) is 15.1. The summed E-state index contributed by atoms with van der Waals surface area (Å²) in [5.74, 6) is 0.984. The Morgan fingerprint density at radius 1 is 1.19 bits per heavy atom. The fraction of sp³-hybridized carbons (Fsp3) is 0.500. The highest BCUT2D eigenvalue weighted by molar-refractivity contribution is 5.91. The summed E-state index contributed by atoms with van der Waals surface area (Å²) in [4.78, 5) is 12.6. The number of rotatable bonds is 6. The highest BCUT2D eigenvalue weighted by Gasteiger charge is 2.40. The van der Waals surface area contributed by atoms with Crippen LogP contribution in [0.4, 0.5) is 0 Å². The summed E-state index contributed by atoms with van der Waals surface area (Å²) in [5.41, 5.74) is 3.41. The molecule has 0 fully saturated rings. The molecule has 0 radical (unpaired) electrons. The first-order valence-corrected chi connectivity index (χ1v) is 9.21. The van der Waals surface area contributed by atoms with Gasteiger partial charge in [-0.25, -0.2) is 4.79 Å². The van der Waals surface area contributed by atoms with Crippen molar-refractivity contribution in [3.63, 3.8) is 0 Å². The van der Waals surface area contributed by atoms with Crippen LogP contribution in [0.2, 0.25) is 0 Å². The van der Waals surface area contributed by atoms with Crippen molar-refractivity contribution < 1.29 is 14.3 Å². The lowest BCUT2D eigenvalue weighted by Crippen LogP contribution is -2.36. The molecule has 1 aliphatic carbocycles. The third-order valence-corrected chi connectivity index (χ3v) is 4.95. The van der Waals surface area contributed by atoms with Gasteiger partial charge in [-0.1, -0.05) is 51.7 Å². The smallest absolute Gasteiger partial charge is 0.336 e. The minimum atomic E-state index is -0.309. The van der Waals surface area contributed by atoms with Crippen molar-refractivity contribution in [2.75, 3.05) is 13.7 Å². The second-order valence-electron chi connectivity index (χ2n) is 7.51. The van der Waals surface area contributed by atoms with E-state index < -0.39 is 0 Å². The Hall–Kier alpha value is -2.23. The monoisotopic (exact) mass is 357 g/mol. The van der Waals surface area contributed by atoms with Crippen molar-refractivity contribution in [3.05, 3.63) is 59.2 Å². The van der Waals surface area contributed by atoms with Crippen LogP contribution in [0.3, 0.4) is 0 Å². The van der Waals surface area contributed by atoms with Crippen LogP contribution in [0.5, 0.6) is 0 Å². The Labute approximate surface area is 157 Å². The fourth-order valence-electron chi connectivity index (χ4n) is 3.68. The molecule has 0 bridgehead atoms. The SMILES string of the molecule is C=C(OCC(C)C)C1=C(C)NC(C)=C(C(=O)OC)C1C1C=CC=CC1C. The molecule has 26 heavy (non-hydrogen) atoms. The number of hydrogen-bond acceptors (Lipinski definition) is 4. The average molecular weight is 357 g/mol. The Kier molecular flexibility index (Phi) is 6.52. The molecule has 4 nitrogen and oxygen atoms in total. The Morgan fingerprint density at radius 2 is 1.81 bits per heavy atom. The van der Waals surface area contributed by atoms with Crippen LogP contribution in [0.25, 0.3) is 0 Å². The number of nitrogens with one attached hydrogen (secondary N) is 1. The maximum atomic E-state index is 12.6. The lowest BCUT2D eigenvalue weighted by Gasteiger charge is -2.38. The van der Waals surface area contributed by atoms with E-state index in [9.17, 15) is 4.79 Å². The number of allylic oxidation sites excluding steroid dienone is 7. The second kappa shape index (κ2) is 8.43. The van der Waals surface area contributed by atoms with Crippen LogP contribution in [0.15, 0.2) is 59.2 Å². The summed E-state index contributed by atoms with van der Waals surface area (Å²) in [6, 6.07) is 0. The molecule has 2 rings (SSSR count). The largest absolute Gasteiger partial charge is 0.494 e. The van der Waals surface area contributed by atoms with Crippen molar-refractivity contribution in [2.24, 2.45) is 23.7 Å². The van der Waals surface area contributed by atoms with Crippen molar-refractivity contribution in [1.82, 2.24) is 5.32 Å². The van der Waals surface area contributed by atoms with Gasteiger partial charge < -0.3 is 14.8 Å². The number of hydrogen-bond donors (Lipinski definition) is 1. The number of carbonyl (C=O) groups excluding carboxylic acids is 1. The average Bonchev–Trinajstić information content (AvgIpc) is 2.59. The number of esters is 1. The van der Waals surface area contributed by atoms with Crippen molar-refractivity contribution >= 4 is 5.97 Å². The van der Waals surface area contributed by atoms with Gasteiger partial charge in [0.05, 0.1) is 19.3 Å². The Bertz CT molecular complexity index is 694. The van der Waals surface area contributed by atoms with Crippen LogP contribution >= 0.6 is 0 Å². The van der Waals surface area contributed by atoms with Gasteiger partial charge in [0.15, 0.2) is 0 Å². The van der Waals surface area contributed by atoms with E-state index in [-0.39, 0.29) is 23.7 Å². The van der Waals surface area contributed by atoms with Crippen molar-refractivity contribution in [3.8, 4) is 0 Å². The van der Waals surface area contributed by atoms with Gasteiger partial charge in [-0.3, -0.25) is 0 Å². The molecule has 0 amide bonds. The molecule has 1 N–H and O–H groups in total. The minimum Gasteiger partial charge on any atom is -0.494 e. The van der Waals surface area contributed by atoms with Gasteiger partial charge in [-0.15, -0.1) is 0 Å². The highest BCUT2D eigenvalue weighted by Crippen LogP contribution is 2.43. The van der Waals surface area contributed by atoms with E-state index >= 15 is 0 Å². The van der Waals surface area contributed by atoms with Gasteiger partial charge >= 0.3 is 5.97 Å². The predicted molar refractivity (Wildman–Crippen MR) is 105 cm³/mol. The molecule has 1 heterocycles. The molecular weight excluding hydrogens is 326 g/mol. The van der Waals surface area contributed by atoms with Crippen LogP contribution in [0, 0.1) is 23.7 Å². The van der Waals surface area contributed by atoms with Crippen LogP contribution in [-0.2, 0) is 14.3 Å². The van der Waals surface area contributed by atoms with Gasteiger partial charge in [0.2, 0.25) is 0 Å². The van der Waals surface area contributed by atoms with E-state index in [4.69, 9.17) is 9.47 Å². The van der Waals surface area contributed by atoms with E-state index in [0.29, 0.717) is 23.9 Å². The normalized spacial score (nSPS) is 25.4. The number of methoxy groups -OCH3 is 1. The maximum absolute atomic E-state index is 12.6. The Morgan fingerprint density at radius 3 is 2.38 bits per heavy atom. The molecule has 0 aromatic rings. The van der Waals surface area contributed by atoms with Gasteiger partial charge in [0.25, 0.3) is 0 Å². The molecule has 0 aromatic heterocycles. The summed E-state index contributed by atoms with van der Waals surface area (Å²) < 4.78 is 11.1. The third kappa shape index (κ3) is 4.12. The van der Waals surface area contributed by atoms with Crippen LogP contribution in [0.1, 0.15) is 34.6 Å². The maximum Gasteiger partial charge on any atom is 0.336 e. The quantitative estimate of drug-likeness (QED) is 0.562. The first-order valence-electron chi connectivity index (χ1n) is 9.21. The van der Waals surface area contributed by atoms with Crippen molar-refractivity contribution in [2.45, 2.75) is 34.6 Å². The molecule has 0 aromatic carbocycles. The molecule has 4 heteroatoms. The summed E-state index contributed by atoms with van der Waals surface area (Å²) in [6.07, 6.45) is 8.43. The van der Waals surface area contributed by atoms with Crippen molar-refractivity contribution in [1.29, 1.82) is 0 Å². The molecule has 1 aliphatic heterocycles. The number of carbonyl (C=O) groups is 1. The van der Waals surface area contributed by atoms with Gasteiger partial charge in [-0.05, 0) is 31.6 Å². The van der Waals surface area contributed by atoms with E-state index in [1.54, 1.807) is 0 Å². The molecule has 0 saturated carbocycles. The molecule has 3 unspecified atom stereocenters. The summed E-state index contributed by atoms with van der Waals surface area (Å²) in [5, 5.41) is 3.32. The van der Waals surface area contributed by atoms with Gasteiger partial charge in [-0.2, -0.15) is 0 Å². The fourth-order valence-corrected chi connectivity index (χ4v) is 3.68. The zero-order valence-corrected chi connectivity index (χ0v) is 16.8. The van der Waals surface area contributed by atoms with Gasteiger partial charge in [0, 0.05) is 22.9 Å². The topological polar surface area (TPSA) is 47.6 Å². The lowest BCUT2D eigenvalue weighted by atomic mass is 9.70. The van der Waals surface area contributed by atoms with Gasteiger partial charge in [0.1, 0.15) is 5.76 Å². The first-order chi connectivity index (χ1) is 12.3. The minimum absolute atomic E-state index is 0.135. The van der Waals surface area contributed by atoms with E-state index in [1.807, 2.05) is 19.9 Å². The second-order valence-corrected chi connectivity index (χ2v) is 7.51. The van der Waals surface area contributed by atoms with E-state index in [1.165, 1.54) is 7.11 Å². The van der Waals surface area contributed by atoms with Crippen LogP contribution in [-0.4, -0.2) is 19.7 Å². The van der Waals surface area contributed by atoms with E-state index in [0.717, 1.165) is 17.0 Å². The van der Waals surface area contributed by atoms with E-state index in [2.05, 4.69) is 50.9 Å². The standard InChI is InChI=1S/C22H31NO3/c1-13(2)12-26-17(6)19-15(4)23-16(5)20(22(24)25-7)21(19)18-11-9-8-10-14(18)3/h8-11,13-14,18,21,23H,6,12H2,1-5,7H3. The Balaban J connectivity index is 2.50. The molecule has 0 spiro atoms. The molecule has 2 aliphatic rings. The molecular formula is C22H31NO3. The van der Waals surface area contributed by atoms with Crippen LogP contribution < -0.4 is 5.32 Å². The first kappa shape index (κ1) is 20.1. The highest BCUT2D eigenvalue weighted by atomic mass is 16.5. The molecule has 3 atom stereocenters. The summed E-state index contributed by atoms with van der Waals surface area (Å²) >= 11 is 0. The lowest BCUT2D eigenvalue weighted by molar-refractivity contribution is -0.136. The number of ether oxygens (including phenoxy) is 2. The third-order valence-electron chi connectivity index (χ3n) is 4.95. The number of dihydropyridines is 1. The zero-order chi connectivity index (χ0) is 19.4. The predicted octanol–water partition coefficient (Wildman–Crippen LogP) is 4.49. The molecule has 142 valence electrons.